The largest absolute Gasteiger partial charge is 0.447 e. The number of rotatable bonds is 2. The quantitative estimate of drug-likeness (QED) is 0.838. The fourth-order valence-electron chi connectivity index (χ4n) is 2.78. The highest BCUT2D eigenvalue weighted by atomic mass is 19.1. The Morgan fingerprint density at radius 1 is 1.29 bits per heavy atom. The highest BCUT2D eigenvalue weighted by Crippen LogP contribution is 2.28. The monoisotopic (exact) mass is 292 g/mol. The van der Waals surface area contributed by atoms with Gasteiger partial charge in [-0.3, -0.25) is 9.69 Å². The lowest BCUT2D eigenvalue weighted by Crippen LogP contribution is -2.40. The number of ether oxygens (including phenoxy) is 1. The number of Topliss-reactive ketones (excluding diaryl/α,β-unsaturated/α-hetero) is 1. The van der Waals surface area contributed by atoms with Crippen LogP contribution in [0.3, 0.4) is 0 Å². The lowest BCUT2D eigenvalue weighted by atomic mass is 9.98. The second-order valence-electron chi connectivity index (χ2n) is 5.47. The summed E-state index contributed by atoms with van der Waals surface area (Å²) in [4.78, 5) is 26.3. The molecule has 2 aliphatic rings. The van der Waals surface area contributed by atoms with Gasteiger partial charge in [0.15, 0.2) is 0 Å². The third-order valence-electron chi connectivity index (χ3n) is 4.02. The van der Waals surface area contributed by atoms with Gasteiger partial charge in [0, 0.05) is 25.4 Å². The van der Waals surface area contributed by atoms with Crippen LogP contribution in [0.25, 0.3) is 0 Å². The number of ketones is 1. The summed E-state index contributed by atoms with van der Waals surface area (Å²) in [6, 6.07) is 4.73. The Kier molecular flexibility index (Phi) is 3.53. The molecule has 3 rings (SSSR count). The first kappa shape index (κ1) is 13.9. The van der Waals surface area contributed by atoms with Crippen molar-refractivity contribution in [2.45, 2.75) is 13.3 Å². The number of hydrogen-bond acceptors (Lipinski definition) is 4. The molecule has 1 aromatic rings. The van der Waals surface area contributed by atoms with Gasteiger partial charge in [0.05, 0.1) is 17.9 Å². The average molecular weight is 292 g/mol. The average Bonchev–Trinajstić information content (AvgIpc) is 2.88. The molecule has 1 aromatic carbocycles. The maximum Gasteiger partial charge on any atom is 0.414 e. The summed E-state index contributed by atoms with van der Waals surface area (Å²) >= 11 is 0. The summed E-state index contributed by atoms with van der Waals surface area (Å²) < 4.78 is 19.2. The van der Waals surface area contributed by atoms with Crippen LogP contribution in [0, 0.1) is 11.7 Å². The Bertz CT molecular complexity index is 590. The number of amides is 1. The van der Waals surface area contributed by atoms with Gasteiger partial charge in [0.2, 0.25) is 0 Å². The highest BCUT2D eigenvalue weighted by Gasteiger charge is 2.27. The lowest BCUT2D eigenvalue weighted by Gasteiger charge is -2.32. The van der Waals surface area contributed by atoms with Crippen LogP contribution >= 0.6 is 0 Å². The second kappa shape index (κ2) is 5.35. The van der Waals surface area contributed by atoms with Crippen LogP contribution in [0.15, 0.2) is 18.2 Å². The molecule has 0 N–H and O–H groups in total. The Labute approximate surface area is 122 Å². The van der Waals surface area contributed by atoms with Crippen molar-refractivity contribution in [3.8, 4) is 0 Å². The van der Waals surface area contributed by atoms with E-state index in [4.69, 9.17) is 4.74 Å². The zero-order valence-corrected chi connectivity index (χ0v) is 11.8. The van der Waals surface area contributed by atoms with Gasteiger partial charge in [-0.2, -0.15) is 0 Å². The van der Waals surface area contributed by atoms with Gasteiger partial charge >= 0.3 is 6.09 Å². The molecular formula is C15H17FN2O3. The van der Waals surface area contributed by atoms with Crippen molar-refractivity contribution >= 4 is 23.3 Å². The molecule has 2 fully saturated rings. The smallest absolute Gasteiger partial charge is 0.414 e. The van der Waals surface area contributed by atoms with E-state index >= 15 is 0 Å². The number of halogens is 1. The fraction of sp³-hybridized carbons (Fsp3) is 0.467. The molecular weight excluding hydrogens is 275 g/mol. The first-order valence-electron chi connectivity index (χ1n) is 7.08. The van der Waals surface area contributed by atoms with Crippen molar-refractivity contribution in [3.05, 3.63) is 24.0 Å². The van der Waals surface area contributed by atoms with E-state index in [1.165, 1.54) is 11.0 Å². The molecule has 0 aliphatic carbocycles. The topological polar surface area (TPSA) is 49.9 Å². The van der Waals surface area contributed by atoms with Crippen molar-refractivity contribution in [1.29, 1.82) is 0 Å². The van der Waals surface area contributed by atoms with E-state index in [0.717, 1.165) is 0 Å². The molecule has 6 heteroatoms. The van der Waals surface area contributed by atoms with Crippen LogP contribution in [0.2, 0.25) is 0 Å². The van der Waals surface area contributed by atoms with E-state index in [1.807, 2.05) is 11.8 Å². The van der Waals surface area contributed by atoms with Crippen LogP contribution in [0.1, 0.15) is 13.3 Å². The molecule has 21 heavy (non-hydrogen) atoms. The first-order chi connectivity index (χ1) is 10.1. The van der Waals surface area contributed by atoms with Crippen LogP contribution in [-0.2, 0) is 9.53 Å². The number of nitrogens with zero attached hydrogens (tertiary/aromatic N) is 2. The predicted molar refractivity (Wildman–Crippen MR) is 76.1 cm³/mol. The van der Waals surface area contributed by atoms with E-state index in [1.54, 1.807) is 12.1 Å². The van der Waals surface area contributed by atoms with Crippen LogP contribution < -0.4 is 9.80 Å². The summed E-state index contributed by atoms with van der Waals surface area (Å²) in [5, 5.41) is 0. The van der Waals surface area contributed by atoms with Gasteiger partial charge in [-0.05, 0) is 18.2 Å². The summed E-state index contributed by atoms with van der Waals surface area (Å²) in [6.07, 6.45) is 0.000193. The molecule has 2 aliphatic heterocycles. The Hall–Kier alpha value is -2.11. The zero-order chi connectivity index (χ0) is 15.0. The molecule has 1 amide bonds. The third kappa shape index (κ3) is 2.57. The van der Waals surface area contributed by atoms with E-state index in [2.05, 4.69) is 0 Å². The molecule has 1 atom stereocenters. The van der Waals surface area contributed by atoms with Crippen molar-refractivity contribution in [2.24, 2.45) is 5.92 Å². The van der Waals surface area contributed by atoms with Gasteiger partial charge in [-0.15, -0.1) is 0 Å². The molecule has 2 saturated heterocycles. The SMILES string of the molecule is CC1CN(c2ccc(N3CCOC3=O)cc2F)CCC1=O. The Morgan fingerprint density at radius 3 is 2.71 bits per heavy atom. The molecule has 0 radical (unpaired) electrons. The van der Waals surface area contributed by atoms with Crippen molar-refractivity contribution in [1.82, 2.24) is 0 Å². The molecule has 2 heterocycles. The number of carbonyl (C=O) groups excluding carboxylic acids is 2. The van der Waals surface area contributed by atoms with E-state index in [9.17, 15) is 14.0 Å². The summed E-state index contributed by atoms with van der Waals surface area (Å²) in [7, 11) is 0. The van der Waals surface area contributed by atoms with Crippen LogP contribution in [0.4, 0.5) is 20.6 Å². The van der Waals surface area contributed by atoms with Gasteiger partial charge < -0.3 is 9.64 Å². The van der Waals surface area contributed by atoms with Crippen molar-refractivity contribution in [3.63, 3.8) is 0 Å². The number of hydrogen-bond donors (Lipinski definition) is 0. The number of cyclic esters (lactones) is 1. The Morgan fingerprint density at radius 2 is 2.10 bits per heavy atom. The maximum atomic E-state index is 14.3. The van der Waals surface area contributed by atoms with Gasteiger partial charge in [0.1, 0.15) is 18.2 Å². The molecule has 0 aromatic heterocycles. The molecule has 0 bridgehead atoms. The predicted octanol–water partition coefficient (Wildman–Crippen LogP) is 2.20. The fourth-order valence-corrected chi connectivity index (χ4v) is 2.78. The number of piperidine rings is 1. The standard InChI is InChI=1S/C15H17FN2O3/c1-10-9-17(5-4-14(10)19)13-3-2-11(8-12(13)16)18-6-7-21-15(18)20/h2-3,8,10H,4-7,9H2,1H3. The number of carbonyl (C=O) groups is 2. The molecule has 112 valence electrons. The lowest BCUT2D eigenvalue weighted by molar-refractivity contribution is -0.122. The van der Waals surface area contributed by atoms with Gasteiger partial charge in [-0.25, -0.2) is 9.18 Å². The van der Waals surface area contributed by atoms with Crippen LogP contribution in [0.5, 0.6) is 0 Å². The molecule has 0 saturated carbocycles. The normalized spacial score (nSPS) is 22.7. The second-order valence-corrected chi connectivity index (χ2v) is 5.47. The number of anilines is 2. The van der Waals surface area contributed by atoms with Gasteiger partial charge in [0.25, 0.3) is 0 Å². The van der Waals surface area contributed by atoms with Crippen LogP contribution in [-0.4, -0.2) is 38.1 Å². The minimum atomic E-state index is -0.445. The Balaban J connectivity index is 1.81. The highest BCUT2D eigenvalue weighted by molar-refractivity contribution is 5.89. The van der Waals surface area contributed by atoms with E-state index < -0.39 is 6.09 Å². The minimum absolute atomic E-state index is 0.0774. The van der Waals surface area contributed by atoms with Crippen molar-refractivity contribution < 1.29 is 18.7 Å². The first-order valence-corrected chi connectivity index (χ1v) is 7.08. The summed E-state index contributed by atoms with van der Waals surface area (Å²) in [5.74, 6) is -0.233. The third-order valence-corrected chi connectivity index (χ3v) is 4.02. The van der Waals surface area contributed by atoms with Gasteiger partial charge in [-0.1, -0.05) is 6.92 Å². The molecule has 5 nitrogen and oxygen atoms in total. The number of benzene rings is 1. The zero-order valence-electron chi connectivity index (χ0n) is 11.8. The molecule has 1 unspecified atom stereocenters. The van der Waals surface area contributed by atoms with E-state index in [-0.39, 0.29) is 17.5 Å². The van der Waals surface area contributed by atoms with E-state index in [0.29, 0.717) is 44.0 Å². The summed E-state index contributed by atoms with van der Waals surface area (Å²) in [6.45, 7) is 3.69. The maximum absolute atomic E-state index is 14.3. The minimum Gasteiger partial charge on any atom is -0.447 e. The summed E-state index contributed by atoms with van der Waals surface area (Å²) in [5.41, 5.74) is 0.977. The van der Waals surface area contributed by atoms with Crippen molar-refractivity contribution in [2.75, 3.05) is 36.0 Å². The molecule has 0 spiro atoms.